The van der Waals surface area contributed by atoms with Crippen molar-refractivity contribution >= 4 is 11.7 Å². The molecule has 6 nitrogen and oxygen atoms in total. The van der Waals surface area contributed by atoms with Crippen molar-refractivity contribution < 1.29 is 9.53 Å². The number of aromatic nitrogens is 2. The summed E-state index contributed by atoms with van der Waals surface area (Å²) >= 11 is 0. The normalized spacial score (nSPS) is 17.0. The number of carbonyl (C=O) groups is 1. The van der Waals surface area contributed by atoms with E-state index in [0.717, 1.165) is 56.9 Å². The molecule has 0 bridgehead atoms. The molecule has 4 rings (SSSR count). The van der Waals surface area contributed by atoms with Crippen LogP contribution in [0.1, 0.15) is 57.4 Å². The fourth-order valence-corrected chi connectivity index (χ4v) is 4.47. The SMILES string of the molecule is CCc1ccc(Oc2cc(N3CCC(C(=O)NCCC4=CCCCC4)CC3)ncn2)cc1. The van der Waals surface area contributed by atoms with Gasteiger partial charge in [-0.25, -0.2) is 9.97 Å². The number of benzene rings is 1. The molecular formula is C26H34N4O2. The lowest BCUT2D eigenvalue weighted by Gasteiger charge is -2.32. The van der Waals surface area contributed by atoms with Crippen molar-refractivity contribution in [2.75, 3.05) is 24.5 Å². The highest BCUT2D eigenvalue weighted by molar-refractivity contribution is 5.79. The molecular weight excluding hydrogens is 400 g/mol. The molecule has 0 saturated carbocycles. The molecule has 0 radical (unpaired) electrons. The molecule has 0 unspecified atom stereocenters. The Morgan fingerprint density at radius 2 is 1.97 bits per heavy atom. The first-order valence-corrected chi connectivity index (χ1v) is 12.0. The summed E-state index contributed by atoms with van der Waals surface area (Å²) < 4.78 is 5.92. The van der Waals surface area contributed by atoms with Gasteiger partial charge in [-0.15, -0.1) is 0 Å². The number of piperidine rings is 1. The van der Waals surface area contributed by atoms with Crippen LogP contribution in [0.4, 0.5) is 5.82 Å². The zero-order valence-corrected chi connectivity index (χ0v) is 19.1. The second kappa shape index (κ2) is 11.1. The summed E-state index contributed by atoms with van der Waals surface area (Å²) in [7, 11) is 0. The number of hydrogen-bond acceptors (Lipinski definition) is 5. The topological polar surface area (TPSA) is 67.3 Å². The molecule has 1 amide bonds. The van der Waals surface area contributed by atoms with Gasteiger partial charge in [0.1, 0.15) is 17.9 Å². The Morgan fingerprint density at radius 1 is 1.16 bits per heavy atom. The van der Waals surface area contributed by atoms with Crippen molar-refractivity contribution in [3.63, 3.8) is 0 Å². The first kappa shape index (κ1) is 22.3. The van der Waals surface area contributed by atoms with Gasteiger partial charge in [-0.3, -0.25) is 4.79 Å². The van der Waals surface area contributed by atoms with E-state index in [2.05, 4.69) is 45.3 Å². The second-order valence-electron chi connectivity index (χ2n) is 8.72. The van der Waals surface area contributed by atoms with E-state index in [1.165, 1.54) is 36.8 Å². The van der Waals surface area contributed by atoms with E-state index >= 15 is 0 Å². The highest BCUT2D eigenvalue weighted by Gasteiger charge is 2.25. The smallest absolute Gasteiger partial charge is 0.224 e. The Labute approximate surface area is 191 Å². The molecule has 1 aliphatic heterocycles. The lowest BCUT2D eigenvalue weighted by molar-refractivity contribution is -0.125. The maximum atomic E-state index is 12.6. The minimum absolute atomic E-state index is 0.0845. The first-order valence-electron chi connectivity index (χ1n) is 12.0. The Bertz CT molecular complexity index is 918. The minimum Gasteiger partial charge on any atom is -0.439 e. The van der Waals surface area contributed by atoms with Crippen molar-refractivity contribution in [1.82, 2.24) is 15.3 Å². The molecule has 1 N–H and O–H groups in total. The Balaban J connectivity index is 1.25. The third-order valence-electron chi connectivity index (χ3n) is 6.50. The van der Waals surface area contributed by atoms with Crippen LogP contribution in [0.5, 0.6) is 11.6 Å². The number of hydrogen-bond donors (Lipinski definition) is 1. The van der Waals surface area contributed by atoms with E-state index < -0.39 is 0 Å². The second-order valence-corrected chi connectivity index (χ2v) is 8.72. The molecule has 1 fully saturated rings. The number of carbonyl (C=O) groups excluding carboxylic acids is 1. The number of rotatable bonds is 8. The summed E-state index contributed by atoms with van der Waals surface area (Å²) in [6.45, 7) is 4.52. The predicted octanol–water partition coefficient (Wildman–Crippen LogP) is 5.05. The van der Waals surface area contributed by atoms with Gasteiger partial charge in [-0.05, 0) is 69.1 Å². The fourth-order valence-electron chi connectivity index (χ4n) is 4.47. The van der Waals surface area contributed by atoms with Gasteiger partial charge in [0.25, 0.3) is 0 Å². The number of anilines is 1. The van der Waals surface area contributed by atoms with E-state index in [1.54, 1.807) is 6.33 Å². The predicted molar refractivity (Wildman–Crippen MR) is 127 cm³/mol. The standard InChI is InChI=1S/C26H34N4O2/c1-2-20-8-10-23(11-9-20)32-25-18-24(28-19-29-25)30-16-13-22(14-17-30)26(31)27-15-12-21-6-4-3-5-7-21/h6,8-11,18-19,22H,2-5,7,12-17H2,1H3,(H,27,31). The van der Waals surface area contributed by atoms with Crippen molar-refractivity contribution in [2.24, 2.45) is 5.92 Å². The van der Waals surface area contributed by atoms with Gasteiger partial charge in [0, 0.05) is 31.6 Å². The molecule has 6 heteroatoms. The lowest BCUT2D eigenvalue weighted by Crippen LogP contribution is -2.41. The van der Waals surface area contributed by atoms with E-state index in [1.807, 2.05) is 18.2 Å². The monoisotopic (exact) mass is 434 g/mol. The first-order chi connectivity index (χ1) is 15.7. The van der Waals surface area contributed by atoms with Crippen LogP contribution in [0.3, 0.4) is 0 Å². The molecule has 0 spiro atoms. The van der Waals surface area contributed by atoms with Crippen molar-refractivity contribution in [1.29, 1.82) is 0 Å². The minimum atomic E-state index is 0.0845. The maximum Gasteiger partial charge on any atom is 0.224 e. The molecule has 0 atom stereocenters. The number of ether oxygens (including phenoxy) is 1. The van der Waals surface area contributed by atoms with Gasteiger partial charge >= 0.3 is 0 Å². The highest BCUT2D eigenvalue weighted by atomic mass is 16.5. The number of aryl methyl sites for hydroxylation is 1. The van der Waals surface area contributed by atoms with E-state index in [-0.39, 0.29) is 11.8 Å². The number of nitrogens with zero attached hydrogens (tertiary/aromatic N) is 3. The molecule has 2 heterocycles. The summed E-state index contributed by atoms with van der Waals surface area (Å²) in [6, 6.07) is 9.95. The number of allylic oxidation sites excluding steroid dienone is 1. The van der Waals surface area contributed by atoms with Crippen molar-refractivity contribution in [3.05, 3.63) is 53.9 Å². The summed E-state index contributed by atoms with van der Waals surface area (Å²) in [4.78, 5) is 23.5. The van der Waals surface area contributed by atoms with Crippen LogP contribution in [0.15, 0.2) is 48.3 Å². The number of nitrogens with one attached hydrogen (secondary N) is 1. The zero-order chi connectivity index (χ0) is 22.2. The molecule has 1 aliphatic carbocycles. The van der Waals surface area contributed by atoms with Gasteiger partial charge in [0.15, 0.2) is 0 Å². The van der Waals surface area contributed by atoms with Crippen molar-refractivity contribution in [3.8, 4) is 11.6 Å². The fraction of sp³-hybridized carbons (Fsp3) is 0.500. The largest absolute Gasteiger partial charge is 0.439 e. The highest BCUT2D eigenvalue weighted by Crippen LogP contribution is 2.26. The molecule has 1 aromatic heterocycles. The zero-order valence-electron chi connectivity index (χ0n) is 19.1. The quantitative estimate of drug-likeness (QED) is 0.589. The third-order valence-corrected chi connectivity index (χ3v) is 6.50. The van der Waals surface area contributed by atoms with E-state index in [0.29, 0.717) is 5.88 Å². The number of amides is 1. The average Bonchev–Trinajstić information content (AvgIpc) is 2.85. The van der Waals surface area contributed by atoms with Crippen LogP contribution in [-0.4, -0.2) is 35.5 Å². The molecule has 170 valence electrons. The van der Waals surface area contributed by atoms with Crippen molar-refractivity contribution in [2.45, 2.75) is 58.3 Å². The summed E-state index contributed by atoms with van der Waals surface area (Å²) in [5.41, 5.74) is 2.79. The molecule has 1 aromatic carbocycles. The molecule has 32 heavy (non-hydrogen) atoms. The summed E-state index contributed by atoms with van der Waals surface area (Å²) in [5, 5.41) is 3.15. The van der Waals surface area contributed by atoms with E-state index in [9.17, 15) is 4.79 Å². The van der Waals surface area contributed by atoms with Crippen LogP contribution in [0, 0.1) is 5.92 Å². The summed E-state index contributed by atoms with van der Waals surface area (Å²) in [6.07, 6.45) is 12.6. The van der Waals surface area contributed by atoms with Crippen LogP contribution >= 0.6 is 0 Å². The van der Waals surface area contributed by atoms with Crippen LogP contribution in [0.2, 0.25) is 0 Å². The Kier molecular flexibility index (Phi) is 7.75. The lowest BCUT2D eigenvalue weighted by atomic mass is 9.95. The summed E-state index contributed by atoms with van der Waals surface area (Å²) in [5.74, 6) is 2.44. The molecule has 1 saturated heterocycles. The maximum absolute atomic E-state index is 12.6. The molecule has 2 aliphatic rings. The average molecular weight is 435 g/mol. The molecule has 2 aromatic rings. The van der Waals surface area contributed by atoms with Gasteiger partial charge in [0.05, 0.1) is 0 Å². The van der Waals surface area contributed by atoms with Crippen LogP contribution in [0.25, 0.3) is 0 Å². The van der Waals surface area contributed by atoms with Gasteiger partial charge in [-0.1, -0.05) is 30.7 Å². The Morgan fingerprint density at radius 3 is 2.69 bits per heavy atom. The van der Waals surface area contributed by atoms with Gasteiger partial charge in [-0.2, -0.15) is 0 Å². The van der Waals surface area contributed by atoms with Gasteiger partial charge in [0.2, 0.25) is 11.8 Å². The van der Waals surface area contributed by atoms with Gasteiger partial charge < -0.3 is 15.0 Å². The van der Waals surface area contributed by atoms with E-state index in [4.69, 9.17) is 4.74 Å². The third kappa shape index (κ3) is 6.09. The van der Waals surface area contributed by atoms with Crippen LogP contribution in [-0.2, 0) is 11.2 Å². The Hall–Kier alpha value is -2.89. The van der Waals surface area contributed by atoms with Crippen LogP contribution < -0.4 is 15.0 Å².